The van der Waals surface area contributed by atoms with Crippen LogP contribution in [0.5, 0.6) is 0 Å². The Morgan fingerprint density at radius 1 is 1.32 bits per heavy atom. The van der Waals surface area contributed by atoms with Crippen molar-refractivity contribution in [2.75, 3.05) is 12.3 Å². The molecule has 3 N–H and O–H groups in total. The minimum Gasteiger partial charge on any atom is -0.396 e. The molecule has 1 saturated carbocycles. The second-order valence-corrected chi connectivity index (χ2v) is 5.40. The number of rotatable bonds is 3. The monoisotopic (exact) mass is 282 g/mol. The number of nitrogens with two attached hydrogens (primary N) is 1. The van der Waals surface area contributed by atoms with E-state index in [1.54, 1.807) is 4.68 Å². The molecule has 3 rings (SSSR count). The van der Waals surface area contributed by atoms with Gasteiger partial charge in [0.1, 0.15) is 0 Å². The van der Waals surface area contributed by atoms with Gasteiger partial charge in [-0.2, -0.15) is 9.97 Å². The normalized spacial score (nSPS) is 23.3. The van der Waals surface area contributed by atoms with E-state index in [1.807, 2.05) is 0 Å². The summed E-state index contributed by atoms with van der Waals surface area (Å²) < 4.78 is 1.73. The first kappa shape index (κ1) is 12.6. The van der Waals surface area contributed by atoms with Crippen LogP contribution < -0.4 is 5.73 Å². The van der Waals surface area contributed by atoms with Gasteiger partial charge in [-0.15, -0.1) is 5.10 Å². The minimum atomic E-state index is 0.126. The average molecular weight is 283 g/mol. The van der Waals surface area contributed by atoms with Crippen LogP contribution in [0.3, 0.4) is 0 Å². The fourth-order valence-electron chi connectivity index (χ4n) is 2.72. The molecule has 0 saturated heterocycles. The van der Waals surface area contributed by atoms with Crippen LogP contribution in [0, 0.1) is 11.8 Å². The van der Waals surface area contributed by atoms with Crippen LogP contribution in [-0.4, -0.2) is 36.7 Å². The second-order valence-electron chi connectivity index (χ2n) is 5.04. The van der Waals surface area contributed by atoms with Crippen LogP contribution >= 0.6 is 11.6 Å². The summed E-state index contributed by atoms with van der Waals surface area (Å²) in [6.07, 6.45) is 3.15. The highest BCUT2D eigenvalue weighted by molar-refractivity contribution is 6.33. The van der Waals surface area contributed by atoms with Crippen molar-refractivity contribution < 1.29 is 5.11 Å². The molecule has 8 heteroatoms. The molecule has 2 atom stereocenters. The van der Waals surface area contributed by atoms with Gasteiger partial charge in [-0.3, -0.25) is 0 Å². The van der Waals surface area contributed by atoms with Gasteiger partial charge < -0.3 is 10.8 Å². The Balaban J connectivity index is 1.86. The zero-order valence-corrected chi connectivity index (χ0v) is 11.1. The summed E-state index contributed by atoms with van der Waals surface area (Å²) in [6.45, 7) is 0.981. The highest BCUT2D eigenvalue weighted by Crippen LogP contribution is 2.32. The molecule has 0 aromatic carbocycles. The first-order valence-corrected chi connectivity index (χ1v) is 6.68. The molecular formula is C11H15ClN6O. The van der Waals surface area contributed by atoms with Crippen molar-refractivity contribution in [3.63, 3.8) is 0 Å². The molecule has 0 aliphatic heterocycles. The molecule has 19 heavy (non-hydrogen) atoms. The number of halogens is 1. The maximum absolute atomic E-state index is 9.17. The second kappa shape index (κ2) is 4.90. The number of nitrogens with zero attached hydrogens (tertiary/aromatic N) is 5. The Hall–Kier alpha value is -1.47. The lowest BCUT2D eigenvalue weighted by Gasteiger charge is -2.09. The van der Waals surface area contributed by atoms with Crippen molar-refractivity contribution in [2.24, 2.45) is 11.8 Å². The molecule has 2 aromatic rings. The van der Waals surface area contributed by atoms with Crippen LogP contribution in [-0.2, 0) is 6.54 Å². The number of fused-ring (bicyclic) bond motifs is 1. The summed E-state index contributed by atoms with van der Waals surface area (Å²) >= 11 is 5.96. The number of aliphatic hydroxyl groups excluding tert-OH is 1. The molecule has 102 valence electrons. The fraction of sp³-hybridized carbons (Fsp3) is 0.636. The zero-order chi connectivity index (χ0) is 13.4. The zero-order valence-electron chi connectivity index (χ0n) is 10.3. The number of hydrogen-bond donors (Lipinski definition) is 2. The molecule has 7 nitrogen and oxygen atoms in total. The number of aliphatic hydroxyl groups is 1. The number of anilines is 1. The minimum absolute atomic E-state index is 0.126. The van der Waals surface area contributed by atoms with E-state index in [4.69, 9.17) is 22.4 Å². The van der Waals surface area contributed by atoms with Gasteiger partial charge in [0.05, 0.1) is 0 Å². The topological polar surface area (TPSA) is 103 Å². The van der Waals surface area contributed by atoms with Crippen molar-refractivity contribution in [3.05, 3.63) is 5.15 Å². The third-order valence-corrected chi connectivity index (χ3v) is 3.94. The summed E-state index contributed by atoms with van der Waals surface area (Å²) in [6, 6.07) is 0. The van der Waals surface area contributed by atoms with Crippen molar-refractivity contribution in [1.82, 2.24) is 25.0 Å². The van der Waals surface area contributed by atoms with Crippen LogP contribution in [0.2, 0.25) is 5.15 Å². The van der Waals surface area contributed by atoms with Crippen molar-refractivity contribution in [2.45, 2.75) is 25.8 Å². The number of hydrogen-bond acceptors (Lipinski definition) is 6. The predicted octanol–water partition coefficient (Wildman–Crippen LogP) is 0.865. The number of nitrogen functional groups attached to an aromatic ring is 1. The van der Waals surface area contributed by atoms with Gasteiger partial charge >= 0.3 is 0 Å². The van der Waals surface area contributed by atoms with Crippen LogP contribution in [0.4, 0.5) is 5.95 Å². The standard InChI is InChI=1S/C11H15ClN6O/c12-9-8-10(15-11(13)14-9)18(17-16-8)4-6-1-2-7(3-6)5-19/h6-7,19H,1-5H2,(H2,13,14,15)/t6-,7+/m0/s1. The molecule has 0 radical (unpaired) electrons. The van der Waals surface area contributed by atoms with Gasteiger partial charge in [-0.25, -0.2) is 4.68 Å². The lowest BCUT2D eigenvalue weighted by molar-refractivity contribution is 0.224. The first-order valence-electron chi connectivity index (χ1n) is 6.30. The van der Waals surface area contributed by atoms with E-state index in [0.717, 1.165) is 25.8 Å². The molecule has 1 aliphatic rings. The van der Waals surface area contributed by atoms with E-state index in [-0.39, 0.29) is 17.7 Å². The maximum Gasteiger partial charge on any atom is 0.223 e. The van der Waals surface area contributed by atoms with Gasteiger partial charge in [0.25, 0.3) is 0 Å². The highest BCUT2D eigenvalue weighted by Gasteiger charge is 2.25. The number of aromatic nitrogens is 5. The van der Waals surface area contributed by atoms with Crippen molar-refractivity contribution in [3.8, 4) is 0 Å². The van der Waals surface area contributed by atoms with Crippen LogP contribution in [0.15, 0.2) is 0 Å². The maximum atomic E-state index is 9.17. The van der Waals surface area contributed by atoms with E-state index in [0.29, 0.717) is 23.0 Å². The van der Waals surface area contributed by atoms with Crippen LogP contribution in [0.25, 0.3) is 11.2 Å². The third-order valence-electron chi connectivity index (χ3n) is 3.68. The van der Waals surface area contributed by atoms with Crippen molar-refractivity contribution >= 4 is 28.7 Å². The highest BCUT2D eigenvalue weighted by atomic mass is 35.5. The summed E-state index contributed by atoms with van der Waals surface area (Å²) in [7, 11) is 0. The smallest absolute Gasteiger partial charge is 0.223 e. The summed E-state index contributed by atoms with van der Waals surface area (Å²) in [4.78, 5) is 8.00. The van der Waals surface area contributed by atoms with Gasteiger partial charge in [-0.05, 0) is 31.1 Å². The van der Waals surface area contributed by atoms with Crippen molar-refractivity contribution in [1.29, 1.82) is 0 Å². The Labute approximate surface area is 114 Å². The Bertz CT molecular complexity index is 600. The van der Waals surface area contributed by atoms with Gasteiger partial charge in [0.2, 0.25) is 5.95 Å². The molecule has 0 amide bonds. The van der Waals surface area contributed by atoms with E-state index in [9.17, 15) is 0 Å². The molecule has 0 unspecified atom stereocenters. The predicted molar refractivity (Wildman–Crippen MR) is 70.5 cm³/mol. The third kappa shape index (κ3) is 2.35. The lowest BCUT2D eigenvalue weighted by Crippen LogP contribution is -2.11. The summed E-state index contributed by atoms with van der Waals surface area (Å²) in [5.74, 6) is 1.01. The largest absolute Gasteiger partial charge is 0.396 e. The average Bonchev–Trinajstić information content (AvgIpc) is 2.97. The summed E-state index contributed by atoms with van der Waals surface area (Å²) in [5, 5.41) is 17.5. The van der Waals surface area contributed by atoms with Gasteiger partial charge in [-0.1, -0.05) is 16.8 Å². The Morgan fingerprint density at radius 3 is 2.84 bits per heavy atom. The van der Waals surface area contributed by atoms with Gasteiger partial charge in [0, 0.05) is 13.2 Å². The van der Waals surface area contributed by atoms with Crippen LogP contribution in [0.1, 0.15) is 19.3 Å². The Morgan fingerprint density at radius 2 is 2.11 bits per heavy atom. The molecule has 0 bridgehead atoms. The first-order chi connectivity index (χ1) is 9.17. The Kier molecular flexibility index (Phi) is 3.24. The summed E-state index contributed by atoms with van der Waals surface area (Å²) in [5.41, 5.74) is 6.65. The quantitative estimate of drug-likeness (QED) is 0.810. The van der Waals surface area contributed by atoms with Gasteiger partial charge in [0.15, 0.2) is 16.3 Å². The lowest BCUT2D eigenvalue weighted by atomic mass is 10.1. The molecule has 2 aromatic heterocycles. The molecule has 0 spiro atoms. The molecule has 1 fully saturated rings. The van der Waals surface area contributed by atoms with E-state index < -0.39 is 0 Å². The molecule has 2 heterocycles. The van der Waals surface area contributed by atoms with E-state index in [1.165, 1.54) is 0 Å². The fourth-order valence-corrected chi connectivity index (χ4v) is 2.93. The SMILES string of the molecule is Nc1nc(Cl)c2nnn(C[C@H]3CC[C@@H](CO)C3)c2n1. The molecular weight excluding hydrogens is 268 g/mol. The molecule has 1 aliphatic carbocycles. The van der Waals surface area contributed by atoms with E-state index in [2.05, 4.69) is 20.3 Å². The van der Waals surface area contributed by atoms with E-state index >= 15 is 0 Å².